The molecule has 30 heavy (non-hydrogen) atoms. The van der Waals surface area contributed by atoms with Crippen LogP contribution in [0.5, 0.6) is 11.5 Å². The van der Waals surface area contributed by atoms with E-state index in [1.807, 2.05) is 0 Å². The zero-order chi connectivity index (χ0) is 21.0. The molecule has 0 bridgehead atoms. The van der Waals surface area contributed by atoms with Gasteiger partial charge in [-0.25, -0.2) is 4.90 Å². The summed E-state index contributed by atoms with van der Waals surface area (Å²) in [4.78, 5) is 43.4. The number of phenols is 1. The molecule has 0 aliphatic carbocycles. The fraction of sp³-hybridized carbons (Fsp3) is 0.190. The third kappa shape index (κ3) is 2.85. The van der Waals surface area contributed by atoms with Crippen molar-refractivity contribution in [2.24, 2.45) is 5.92 Å². The Kier molecular flexibility index (Phi) is 4.44. The van der Waals surface area contributed by atoms with Crippen LogP contribution in [0.1, 0.15) is 16.4 Å². The normalized spacial score (nSPS) is 22.7. The maximum Gasteiger partial charge on any atom is 0.305 e. The van der Waals surface area contributed by atoms with Crippen LogP contribution in [0.3, 0.4) is 0 Å². The van der Waals surface area contributed by atoms with Gasteiger partial charge in [0, 0.05) is 10.8 Å². The number of imide groups is 1. The molecule has 9 heteroatoms. The van der Waals surface area contributed by atoms with Crippen LogP contribution in [-0.4, -0.2) is 34.3 Å². The summed E-state index contributed by atoms with van der Waals surface area (Å²) in [7, 11) is 1.55. The van der Waals surface area contributed by atoms with E-state index in [2.05, 4.69) is 4.98 Å². The number of thioether (sulfide) groups is 1. The Morgan fingerprint density at radius 1 is 1.00 bits per heavy atom. The zero-order valence-corrected chi connectivity index (χ0v) is 17.3. The number of nitrogens with one attached hydrogen (secondary N) is 1. The average Bonchev–Trinajstić information content (AvgIpc) is 3.24. The Bertz CT molecular complexity index is 1200. The molecule has 5 rings (SSSR count). The van der Waals surface area contributed by atoms with Gasteiger partial charge in [-0.2, -0.15) is 0 Å². The van der Waals surface area contributed by atoms with Gasteiger partial charge in [-0.15, -0.1) is 0 Å². The molecule has 2 aliphatic heterocycles. The molecule has 0 unspecified atom stereocenters. The van der Waals surface area contributed by atoms with Crippen molar-refractivity contribution in [2.75, 3.05) is 12.0 Å². The van der Waals surface area contributed by atoms with Gasteiger partial charge in [-0.05, 0) is 42.0 Å². The average molecular weight is 441 g/mol. The van der Waals surface area contributed by atoms with Gasteiger partial charge in [0.1, 0.15) is 16.7 Å². The van der Waals surface area contributed by atoms with Crippen LogP contribution in [0.2, 0.25) is 0 Å². The standard InChI is InChI=1S/C21H16N2O5S2/c1-28-13-8-4-11(5-9-13)23-19(25)15-14(10-2-6-12(24)7-3-10)16-18(22-21(27)30-16)29-17(15)20(23)26/h2-9,14-15,17,24H,1H3,(H,22,27)/t14-,15-,17+/m0/s1. The van der Waals surface area contributed by atoms with Gasteiger partial charge in [0.15, 0.2) is 0 Å². The Morgan fingerprint density at radius 3 is 2.37 bits per heavy atom. The summed E-state index contributed by atoms with van der Waals surface area (Å²) in [5.41, 5.74) is 1.26. The number of fused-ring (bicyclic) bond motifs is 2. The smallest absolute Gasteiger partial charge is 0.305 e. The minimum absolute atomic E-state index is 0.108. The van der Waals surface area contributed by atoms with Crippen LogP contribution in [0.4, 0.5) is 5.69 Å². The quantitative estimate of drug-likeness (QED) is 0.608. The highest BCUT2D eigenvalue weighted by molar-refractivity contribution is 8.00. The zero-order valence-electron chi connectivity index (χ0n) is 15.7. The van der Waals surface area contributed by atoms with Crippen LogP contribution in [-0.2, 0) is 9.59 Å². The number of ether oxygens (including phenoxy) is 1. The molecule has 152 valence electrons. The molecule has 3 aromatic rings. The van der Waals surface area contributed by atoms with Crippen molar-refractivity contribution < 1.29 is 19.4 Å². The fourth-order valence-corrected chi connectivity index (χ4v) is 6.56. The molecule has 0 radical (unpaired) electrons. The van der Waals surface area contributed by atoms with E-state index in [1.54, 1.807) is 55.6 Å². The van der Waals surface area contributed by atoms with Crippen molar-refractivity contribution in [3.63, 3.8) is 0 Å². The summed E-state index contributed by atoms with van der Waals surface area (Å²) in [5.74, 6) is -0.958. The molecule has 0 saturated carbocycles. The molecule has 3 atom stereocenters. The van der Waals surface area contributed by atoms with Crippen LogP contribution in [0.15, 0.2) is 58.4 Å². The number of anilines is 1. The van der Waals surface area contributed by atoms with Crippen molar-refractivity contribution in [2.45, 2.75) is 16.2 Å². The van der Waals surface area contributed by atoms with Crippen molar-refractivity contribution >= 4 is 40.6 Å². The SMILES string of the molecule is COc1ccc(N2C(=O)[C@H]3[C@H](c4ccc(O)cc4)c4sc(=O)[nH]c4S[C@H]3C2=O)cc1. The number of carbonyl (C=O) groups excluding carboxylic acids is 2. The highest BCUT2D eigenvalue weighted by Gasteiger charge is 2.56. The summed E-state index contributed by atoms with van der Waals surface area (Å²) in [6.45, 7) is 0. The van der Waals surface area contributed by atoms with Crippen molar-refractivity contribution in [1.82, 2.24) is 4.98 Å². The van der Waals surface area contributed by atoms with Gasteiger partial charge in [-0.1, -0.05) is 35.2 Å². The van der Waals surface area contributed by atoms with E-state index in [0.717, 1.165) is 21.8 Å². The highest BCUT2D eigenvalue weighted by Crippen LogP contribution is 2.53. The summed E-state index contributed by atoms with van der Waals surface area (Å²) in [6, 6.07) is 13.3. The first-order chi connectivity index (χ1) is 14.5. The molecular formula is C21H16N2O5S2. The highest BCUT2D eigenvalue weighted by atomic mass is 32.2. The van der Waals surface area contributed by atoms with Crippen molar-refractivity contribution in [3.8, 4) is 11.5 Å². The number of phenolic OH excluding ortho intramolecular Hbond substituents is 1. The number of aromatic nitrogens is 1. The number of hydrogen-bond donors (Lipinski definition) is 2. The van der Waals surface area contributed by atoms with Gasteiger partial charge in [0.2, 0.25) is 11.8 Å². The van der Waals surface area contributed by atoms with E-state index in [-0.39, 0.29) is 22.4 Å². The van der Waals surface area contributed by atoms with E-state index in [1.165, 1.54) is 16.7 Å². The third-order valence-corrected chi connectivity index (χ3v) is 7.81. The van der Waals surface area contributed by atoms with Crippen LogP contribution in [0, 0.1) is 5.92 Å². The Balaban J connectivity index is 1.62. The summed E-state index contributed by atoms with van der Waals surface area (Å²) in [6.07, 6.45) is 0. The van der Waals surface area contributed by atoms with E-state index in [4.69, 9.17) is 4.74 Å². The number of thiazole rings is 1. The first kappa shape index (κ1) is 19.0. The van der Waals surface area contributed by atoms with E-state index < -0.39 is 17.1 Å². The minimum Gasteiger partial charge on any atom is -0.508 e. The van der Waals surface area contributed by atoms with E-state index in [0.29, 0.717) is 16.5 Å². The fourth-order valence-electron chi connectivity index (χ4n) is 4.04. The monoisotopic (exact) mass is 440 g/mol. The van der Waals surface area contributed by atoms with E-state index >= 15 is 0 Å². The molecule has 2 amide bonds. The number of aromatic amines is 1. The van der Waals surface area contributed by atoms with Gasteiger partial charge in [0.05, 0.1) is 23.7 Å². The number of hydrogen-bond acceptors (Lipinski definition) is 7. The lowest BCUT2D eigenvalue weighted by molar-refractivity contribution is -0.122. The number of amides is 2. The maximum absolute atomic E-state index is 13.5. The van der Waals surface area contributed by atoms with E-state index in [9.17, 15) is 19.5 Å². The Hall–Kier alpha value is -3.04. The predicted molar refractivity (Wildman–Crippen MR) is 114 cm³/mol. The number of benzene rings is 2. The number of methoxy groups -OCH3 is 1. The van der Waals surface area contributed by atoms with Crippen molar-refractivity contribution in [1.29, 1.82) is 0 Å². The molecule has 2 aliphatic rings. The molecule has 2 N–H and O–H groups in total. The number of nitrogens with zero attached hydrogens (tertiary/aromatic N) is 1. The van der Waals surface area contributed by atoms with Gasteiger partial charge >= 0.3 is 4.87 Å². The lowest BCUT2D eigenvalue weighted by atomic mass is 9.83. The molecule has 2 aromatic carbocycles. The molecular weight excluding hydrogens is 424 g/mol. The lowest BCUT2D eigenvalue weighted by Crippen LogP contribution is -2.32. The second-order valence-corrected chi connectivity index (χ2v) is 9.22. The van der Waals surface area contributed by atoms with Gasteiger partial charge in [0.25, 0.3) is 0 Å². The first-order valence-corrected chi connectivity index (χ1v) is 10.9. The number of rotatable bonds is 3. The molecule has 0 spiro atoms. The van der Waals surface area contributed by atoms with Gasteiger partial charge < -0.3 is 14.8 Å². The molecule has 1 aromatic heterocycles. The molecule has 1 fully saturated rings. The van der Waals surface area contributed by atoms with Gasteiger partial charge in [-0.3, -0.25) is 14.4 Å². The number of carbonyl (C=O) groups is 2. The van der Waals surface area contributed by atoms with Crippen LogP contribution in [0.25, 0.3) is 0 Å². The van der Waals surface area contributed by atoms with Crippen LogP contribution >= 0.6 is 23.1 Å². The maximum atomic E-state index is 13.5. The minimum atomic E-state index is -0.645. The topological polar surface area (TPSA) is 99.7 Å². The number of H-pyrrole nitrogens is 1. The summed E-state index contributed by atoms with van der Waals surface area (Å²) in [5, 5.41) is 9.66. The Labute approximate surface area is 179 Å². The van der Waals surface area contributed by atoms with Crippen molar-refractivity contribution in [3.05, 3.63) is 68.6 Å². The number of aromatic hydroxyl groups is 1. The first-order valence-electron chi connectivity index (χ1n) is 9.18. The third-order valence-electron chi connectivity index (χ3n) is 5.41. The molecule has 1 saturated heterocycles. The summed E-state index contributed by atoms with van der Waals surface area (Å²) < 4.78 is 5.16. The summed E-state index contributed by atoms with van der Waals surface area (Å²) >= 11 is 2.30. The largest absolute Gasteiger partial charge is 0.508 e. The lowest BCUT2D eigenvalue weighted by Gasteiger charge is -2.29. The molecule has 3 heterocycles. The second kappa shape index (κ2) is 7.03. The predicted octanol–water partition coefficient (Wildman–Crippen LogP) is 2.95. The Morgan fingerprint density at radius 2 is 1.70 bits per heavy atom. The van der Waals surface area contributed by atoms with Crippen LogP contribution < -0.4 is 14.5 Å². The second-order valence-electron chi connectivity index (χ2n) is 7.05. The molecule has 7 nitrogen and oxygen atoms in total.